The van der Waals surface area contributed by atoms with Gasteiger partial charge in [0.25, 0.3) is 5.91 Å². The first-order valence-electron chi connectivity index (χ1n) is 10.8. The number of amides is 2. The molecule has 2 amide bonds. The number of halogens is 1. The lowest BCUT2D eigenvalue weighted by molar-refractivity contribution is -0.132. The van der Waals surface area contributed by atoms with Crippen LogP contribution in [-0.2, 0) is 11.2 Å². The van der Waals surface area contributed by atoms with Gasteiger partial charge in [0, 0.05) is 30.8 Å². The second-order valence-corrected chi connectivity index (χ2v) is 8.15. The fourth-order valence-electron chi connectivity index (χ4n) is 4.30. The van der Waals surface area contributed by atoms with E-state index in [1.54, 1.807) is 19.2 Å². The summed E-state index contributed by atoms with van der Waals surface area (Å²) < 4.78 is 18.8. The Morgan fingerprint density at radius 3 is 2.69 bits per heavy atom. The average molecular weight is 435 g/mol. The highest BCUT2D eigenvalue weighted by atomic mass is 19.1. The Morgan fingerprint density at radius 2 is 1.97 bits per heavy atom. The quantitative estimate of drug-likeness (QED) is 0.638. The maximum absolute atomic E-state index is 13.6. The zero-order chi connectivity index (χ0) is 22.7. The van der Waals surface area contributed by atoms with Gasteiger partial charge < -0.3 is 15.4 Å². The lowest BCUT2D eigenvalue weighted by Crippen LogP contribution is -2.40. The van der Waals surface area contributed by atoms with Crippen molar-refractivity contribution in [2.45, 2.75) is 31.6 Å². The minimum absolute atomic E-state index is 0.0778. The SMILES string of the molecule is COc1ccc(CCC(=O)N2CCC[C@H](c3nc4ccc(F)cc4cc3C(N)=O)C2)cc1. The van der Waals surface area contributed by atoms with Gasteiger partial charge in [-0.05, 0) is 61.2 Å². The van der Waals surface area contributed by atoms with Gasteiger partial charge in [0.05, 0.1) is 23.9 Å². The molecule has 2 aromatic carbocycles. The summed E-state index contributed by atoms with van der Waals surface area (Å²) in [5.74, 6) is -0.218. The van der Waals surface area contributed by atoms with Crippen molar-refractivity contribution in [3.05, 3.63) is 71.2 Å². The maximum atomic E-state index is 13.6. The number of pyridine rings is 1. The predicted molar refractivity (Wildman–Crippen MR) is 120 cm³/mol. The van der Waals surface area contributed by atoms with E-state index in [-0.39, 0.29) is 11.8 Å². The van der Waals surface area contributed by atoms with Gasteiger partial charge in [0.2, 0.25) is 5.91 Å². The lowest BCUT2D eigenvalue weighted by Gasteiger charge is -2.33. The molecule has 4 rings (SSSR count). The molecule has 32 heavy (non-hydrogen) atoms. The highest BCUT2D eigenvalue weighted by Crippen LogP contribution is 2.30. The molecular weight excluding hydrogens is 409 g/mol. The van der Waals surface area contributed by atoms with Gasteiger partial charge in [0.15, 0.2) is 0 Å². The van der Waals surface area contributed by atoms with E-state index in [1.807, 2.05) is 29.2 Å². The number of nitrogens with zero attached hydrogens (tertiary/aromatic N) is 2. The van der Waals surface area contributed by atoms with E-state index >= 15 is 0 Å². The number of hydrogen-bond donors (Lipinski definition) is 1. The molecule has 1 aliphatic heterocycles. The predicted octanol–water partition coefficient (Wildman–Crippen LogP) is 3.82. The van der Waals surface area contributed by atoms with Crippen molar-refractivity contribution in [2.24, 2.45) is 5.73 Å². The Labute approximate surface area is 186 Å². The molecule has 0 spiro atoms. The second-order valence-electron chi connectivity index (χ2n) is 8.15. The number of carbonyl (C=O) groups is 2. The molecule has 3 aromatic rings. The summed E-state index contributed by atoms with van der Waals surface area (Å²) in [6, 6.07) is 13.6. The third-order valence-electron chi connectivity index (χ3n) is 6.02. The number of piperidine rings is 1. The number of methoxy groups -OCH3 is 1. The van der Waals surface area contributed by atoms with E-state index in [2.05, 4.69) is 4.98 Å². The van der Waals surface area contributed by atoms with Crippen molar-refractivity contribution in [1.29, 1.82) is 0 Å². The van der Waals surface area contributed by atoms with Gasteiger partial charge in [-0.15, -0.1) is 0 Å². The molecule has 7 heteroatoms. The summed E-state index contributed by atoms with van der Waals surface area (Å²) in [7, 11) is 1.62. The van der Waals surface area contributed by atoms with E-state index in [1.165, 1.54) is 12.1 Å². The van der Waals surface area contributed by atoms with E-state index in [0.29, 0.717) is 48.1 Å². The summed E-state index contributed by atoms with van der Waals surface area (Å²) >= 11 is 0. The normalized spacial score (nSPS) is 16.2. The van der Waals surface area contributed by atoms with Crippen LogP contribution in [0.3, 0.4) is 0 Å². The number of benzene rings is 2. The number of rotatable bonds is 6. The Bertz CT molecular complexity index is 1150. The highest BCUT2D eigenvalue weighted by molar-refractivity contribution is 5.97. The smallest absolute Gasteiger partial charge is 0.250 e. The Kier molecular flexibility index (Phi) is 6.35. The van der Waals surface area contributed by atoms with E-state index in [9.17, 15) is 14.0 Å². The van der Waals surface area contributed by atoms with Crippen molar-refractivity contribution in [3.63, 3.8) is 0 Å². The van der Waals surface area contributed by atoms with Crippen LogP contribution < -0.4 is 10.5 Å². The number of primary amides is 1. The van der Waals surface area contributed by atoms with Gasteiger partial charge in [-0.1, -0.05) is 12.1 Å². The van der Waals surface area contributed by atoms with Gasteiger partial charge in [-0.25, -0.2) is 4.39 Å². The molecule has 1 aromatic heterocycles. The molecular formula is C25H26FN3O3. The Balaban J connectivity index is 1.49. The van der Waals surface area contributed by atoms with Gasteiger partial charge in [0.1, 0.15) is 11.6 Å². The zero-order valence-electron chi connectivity index (χ0n) is 18.0. The van der Waals surface area contributed by atoms with Crippen LogP contribution in [0, 0.1) is 5.82 Å². The van der Waals surface area contributed by atoms with Crippen molar-refractivity contribution >= 4 is 22.7 Å². The van der Waals surface area contributed by atoms with Crippen LogP contribution in [0.1, 0.15) is 46.8 Å². The first-order valence-corrected chi connectivity index (χ1v) is 10.8. The number of hydrogen-bond acceptors (Lipinski definition) is 4. The molecule has 2 heterocycles. The maximum Gasteiger partial charge on any atom is 0.250 e. The Hall–Kier alpha value is -3.48. The summed E-state index contributed by atoms with van der Waals surface area (Å²) in [6.45, 7) is 1.17. The molecule has 1 aliphatic rings. The molecule has 0 radical (unpaired) electrons. The summed E-state index contributed by atoms with van der Waals surface area (Å²) in [6.07, 6.45) is 2.69. The minimum Gasteiger partial charge on any atom is -0.497 e. The third kappa shape index (κ3) is 4.72. The second kappa shape index (κ2) is 9.34. The van der Waals surface area contributed by atoms with Gasteiger partial charge in [-0.3, -0.25) is 14.6 Å². The number of aromatic nitrogens is 1. The first-order chi connectivity index (χ1) is 15.4. The highest BCUT2D eigenvalue weighted by Gasteiger charge is 2.28. The molecule has 6 nitrogen and oxygen atoms in total. The van der Waals surface area contributed by atoms with Crippen molar-refractivity contribution < 1.29 is 18.7 Å². The summed E-state index contributed by atoms with van der Waals surface area (Å²) in [5, 5.41) is 0.533. The van der Waals surface area contributed by atoms with Crippen molar-refractivity contribution in [1.82, 2.24) is 9.88 Å². The van der Waals surface area contributed by atoms with E-state index < -0.39 is 11.7 Å². The van der Waals surface area contributed by atoms with Crippen LogP contribution in [0.25, 0.3) is 10.9 Å². The third-order valence-corrected chi connectivity index (χ3v) is 6.02. The molecule has 166 valence electrons. The molecule has 1 atom stereocenters. The number of fused-ring (bicyclic) bond motifs is 1. The summed E-state index contributed by atoms with van der Waals surface area (Å²) in [5.41, 5.74) is 8.18. The molecule has 0 unspecified atom stereocenters. The Morgan fingerprint density at radius 1 is 1.19 bits per heavy atom. The molecule has 1 saturated heterocycles. The van der Waals surface area contributed by atoms with Gasteiger partial charge in [-0.2, -0.15) is 0 Å². The minimum atomic E-state index is -0.596. The average Bonchev–Trinajstić information content (AvgIpc) is 2.82. The molecule has 1 fully saturated rings. The van der Waals surface area contributed by atoms with Crippen LogP contribution in [0.5, 0.6) is 5.75 Å². The fourth-order valence-corrected chi connectivity index (χ4v) is 4.30. The molecule has 0 bridgehead atoms. The van der Waals surface area contributed by atoms with Crippen LogP contribution in [-0.4, -0.2) is 41.9 Å². The number of aryl methyl sites for hydroxylation is 1. The van der Waals surface area contributed by atoms with Crippen molar-refractivity contribution in [3.8, 4) is 5.75 Å². The van der Waals surface area contributed by atoms with Crippen LogP contribution in [0.2, 0.25) is 0 Å². The van der Waals surface area contributed by atoms with Crippen LogP contribution >= 0.6 is 0 Å². The first kappa shape index (κ1) is 21.7. The van der Waals surface area contributed by atoms with Crippen LogP contribution in [0.15, 0.2) is 48.5 Å². The van der Waals surface area contributed by atoms with Crippen LogP contribution in [0.4, 0.5) is 4.39 Å². The number of nitrogens with two attached hydrogens (primary N) is 1. The monoisotopic (exact) mass is 435 g/mol. The largest absolute Gasteiger partial charge is 0.497 e. The number of carbonyl (C=O) groups excluding carboxylic acids is 2. The topological polar surface area (TPSA) is 85.5 Å². The number of likely N-dealkylation sites (tertiary alicyclic amines) is 1. The molecule has 2 N–H and O–H groups in total. The van der Waals surface area contributed by atoms with Gasteiger partial charge >= 0.3 is 0 Å². The van der Waals surface area contributed by atoms with E-state index in [0.717, 1.165) is 24.2 Å². The molecule has 0 saturated carbocycles. The lowest BCUT2D eigenvalue weighted by atomic mass is 9.90. The van der Waals surface area contributed by atoms with E-state index in [4.69, 9.17) is 10.5 Å². The molecule has 0 aliphatic carbocycles. The number of ether oxygens (including phenoxy) is 1. The zero-order valence-corrected chi connectivity index (χ0v) is 18.0. The summed E-state index contributed by atoms with van der Waals surface area (Å²) in [4.78, 5) is 31.5. The van der Waals surface area contributed by atoms with Crippen molar-refractivity contribution in [2.75, 3.05) is 20.2 Å². The fraction of sp³-hybridized carbons (Fsp3) is 0.320. The standard InChI is InChI=1S/C25H26FN3O3/c1-32-20-8-4-16(5-9-20)6-11-23(30)29-12-2-3-17(15-29)24-21(25(27)31)14-18-13-19(26)7-10-22(18)28-24/h4-5,7-10,13-14,17H,2-3,6,11-12,15H2,1H3,(H2,27,31)/t17-/m0/s1.